The molecule has 6 heteroatoms. The molecular weight excluding hydrogens is 388 g/mol. The van der Waals surface area contributed by atoms with Crippen LogP contribution in [0.15, 0.2) is 34.0 Å². The zero-order valence-corrected chi connectivity index (χ0v) is 18.5. The average Bonchev–Trinajstić information content (AvgIpc) is 2.96. The molecule has 1 aliphatic rings. The minimum Gasteiger partial charge on any atom is -0.492 e. The number of thioether (sulfide) groups is 1. The van der Waals surface area contributed by atoms with E-state index in [2.05, 4.69) is 0 Å². The number of rotatable bonds is 7. The summed E-state index contributed by atoms with van der Waals surface area (Å²) in [7, 11) is 4.95. The monoisotopic (exact) mass is 416 g/mol. The fraction of sp³-hybridized carbons (Fsp3) is 0.435. The molecule has 0 heterocycles. The first-order valence-electron chi connectivity index (χ1n) is 9.71. The van der Waals surface area contributed by atoms with Gasteiger partial charge in [0, 0.05) is 18.6 Å². The topological polar surface area (TPSA) is 54.0 Å². The molecule has 5 nitrogen and oxygen atoms in total. The maximum atomic E-state index is 12.8. The molecule has 0 aromatic heterocycles. The fourth-order valence-corrected chi connectivity index (χ4v) is 4.50. The molecule has 0 aliphatic heterocycles. The summed E-state index contributed by atoms with van der Waals surface area (Å²) in [6.07, 6.45) is 3.61. The molecule has 1 unspecified atom stereocenters. The summed E-state index contributed by atoms with van der Waals surface area (Å²) in [6.45, 7) is 3.03. The second-order valence-electron chi connectivity index (χ2n) is 6.88. The molecule has 0 saturated heterocycles. The van der Waals surface area contributed by atoms with Crippen LogP contribution in [0.25, 0.3) is 11.1 Å². The molecule has 0 spiro atoms. The van der Waals surface area contributed by atoms with Gasteiger partial charge in [0.25, 0.3) is 0 Å². The molecular formula is C23H28O5S. The summed E-state index contributed by atoms with van der Waals surface area (Å²) >= 11 is 1.46. The van der Waals surface area contributed by atoms with Crippen molar-refractivity contribution in [2.75, 3.05) is 40.8 Å². The quantitative estimate of drug-likeness (QED) is 0.618. The Labute approximate surface area is 176 Å². The fourth-order valence-electron chi connectivity index (χ4n) is 4.03. The van der Waals surface area contributed by atoms with Crippen LogP contribution < -0.4 is 19.6 Å². The third-order valence-electron chi connectivity index (χ3n) is 5.29. The molecule has 0 N–H and O–H groups in total. The smallest absolute Gasteiger partial charge is 0.203 e. The summed E-state index contributed by atoms with van der Waals surface area (Å²) in [5.41, 5.74) is 4.08. The van der Waals surface area contributed by atoms with Crippen molar-refractivity contribution in [2.45, 2.75) is 30.6 Å². The van der Waals surface area contributed by atoms with Crippen molar-refractivity contribution in [1.82, 2.24) is 0 Å². The van der Waals surface area contributed by atoms with Gasteiger partial charge in [0.05, 0.1) is 32.3 Å². The summed E-state index contributed by atoms with van der Waals surface area (Å²) in [6, 6.07) is 7.73. The van der Waals surface area contributed by atoms with Gasteiger partial charge < -0.3 is 18.9 Å². The number of hydrogen-bond donors (Lipinski definition) is 0. The standard InChI is InChI=1S/C23H28O5S/c1-6-28-19-11-14-7-8-15(13-25-2)17-12-18(24)20(29-5)10-9-16(17)21(14)23(27-4)22(19)26-3/h9-12,15H,6-8,13H2,1-5H3. The van der Waals surface area contributed by atoms with E-state index < -0.39 is 0 Å². The number of methoxy groups -OCH3 is 3. The minimum absolute atomic E-state index is 0.0279. The summed E-state index contributed by atoms with van der Waals surface area (Å²) in [5, 5.41) is 0. The first kappa shape index (κ1) is 21.5. The number of ether oxygens (including phenoxy) is 4. The molecule has 2 aromatic rings. The molecule has 0 radical (unpaired) electrons. The molecule has 0 saturated carbocycles. The van der Waals surface area contributed by atoms with Gasteiger partial charge >= 0.3 is 0 Å². The van der Waals surface area contributed by atoms with E-state index >= 15 is 0 Å². The van der Waals surface area contributed by atoms with Gasteiger partial charge in [0.1, 0.15) is 0 Å². The zero-order valence-electron chi connectivity index (χ0n) is 17.7. The van der Waals surface area contributed by atoms with Crippen molar-refractivity contribution in [1.29, 1.82) is 0 Å². The van der Waals surface area contributed by atoms with Gasteiger partial charge in [-0.05, 0) is 60.9 Å². The Morgan fingerprint density at radius 3 is 2.48 bits per heavy atom. The van der Waals surface area contributed by atoms with Gasteiger partial charge in [0.2, 0.25) is 5.75 Å². The highest BCUT2D eigenvalue weighted by Gasteiger charge is 2.29. The molecule has 156 valence electrons. The Kier molecular flexibility index (Phi) is 7.09. The average molecular weight is 417 g/mol. The predicted molar refractivity (Wildman–Crippen MR) is 117 cm³/mol. The SMILES string of the molecule is CCOc1cc2c(c(OC)c1OC)-c1ccc(SC)c(=O)cc1C(COC)CC2. The van der Waals surface area contributed by atoms with E-state index in [9.17, 15) is 4.79 Å². The normalized spacial score (nSPS) is 15.1. The van der Waals surface area contributed by atoms with Crippen LogP contribution in [-0.4, -0.2) is 40.8 Å². The van der Waals surface area contributed by atoms with Crippen molar-refractivity contribution >= 4 is 11.8 Å². The lowest BCUT2D eigenvalue weighted by Crippen LogP contribution is -2.09. The molecule has 1 aliphatic carbocycles. The number of fused-ring (bicyclic) bond motifs is 3. The highest BCUT2D eigenvalue weighted by Crippen LogP contribution is 2.50. The molecule has 0 fully saturated rings. The van der Waals surface area contributed by atoms with Gasteiger partial charge in [-0.15, -0.1) is 11.8 Å². The summed E-state index contributed by atoms with van der Waals surface area (Å²) in [4.78, 5) is 13.5. The van der Waals surface area contributed by atoms with E-state index in [0.29, 0.717) is 35.4 Å². The van der Waals surface area contributed by atoms with Crippen LogP contribution in [0.3, 0.4) is 0 Å². The van der Waals surface area contributed by atoms with Gasteiger partial charge in [-0.25, -0.2) is 0 Å². The van der Waals surface area contributed by atoms with Crippen LogP contribution in [0.5, 0.6) is 17.2 Å². The van der Waals surface area contributed by atoms with E-state index in [1.165, 1.54) is 11.8 Å². The Morgan fingerprint density at radius 2 is 1.86 bits per heavy atom. The van der Waals surface area contributed by atoms with Crippen molar-refractivity contribution in [2.24, 2.45) is 0 Å². The Hall–Kier alpha value is -2.18. The Morgan fingerprint density at radius 1 is 1.10 bits per heavy atom. The third kappa shape index (κ3) is 4.09. The van der Waals surface area contributed by atoms with Crippen molar-refractivity contribution < 1.29 is 18.9 Å². The van der Waals surface area contributed by atoms with Gasteiger partial charge in [-0.2, -0.15) is 0 Å². The summed E-state index contributed by atoms with van der Waals surface area (Å²) in [5.74, 6) is 2.00. The van der Waals surface area contributed by atoms with E-state index in [4.69, 9.17) is 18.9 Å². The first-order chi connectivity index (χ1) is 14.1. The largest absolute Gasteiger partial charge is 0.492 e. The molecule has 1 atom stereocenters. The zero-order chi connectivity index (χ0) is 21.0. The van der Waals surface area contributed by atoms with Crippen LogP contribution in [-0.2, 0) is 11.2 Å². The van der Waals surface area contributed by atoms with E-state index in [-0.39, 0.29) is 11.3 Å². The molecule has 0 amide bonds. The highest BCUT2D eigenvalue weighted by atomic mass is 32.2. The predicted octanol–water partition coefficient (Wildman–Crippen LogP) is 4.53. The van der Waals surface area contributed by atoms with Crippen molar-refractivity contribution in [3.63, 3.8) is 0 Å². The summed E-state index contributed by atoms with van der Waals surface area (Å²) < 4.78 is 22.8. The molecule has 29 heavy (non-hydrogen) atoms. The number of benzene rings is 1. The Balaban J connectivity index is 2.39. The Bertz CT molecular complexity index is 941. The maximum Gasteiger partial charge on any atom is 0.203 e. The number of aryl methyl sites for hydroxylation is 1. The lowest BCUT2D eigenvalue weighted by Gasteiger charge is -2.20. The molecule has 2 aromatic carbocycles. The van der Waals surface area contributed by atoms with Gasteiger partial charge in [0.15, 0.2) is 16.9 Å². The third-order valence-corrected chi connectivity index (χ3v) is 6.07. The second-order valence-corrected chi connectivity index (χ2v) is 7.73. The first-order valence-corrected chi connectivity index (χ1v) is 10.9. The van der Waals surface area contributed by atoms with E-state index in [1.807, 2.05) is 31.4 Å². The van der Waals surface area contributed by atoms with Crippen LogP contribution in [0.4, 0.5) is 0 Å². The van der Waals surface area contributed by atoms with Crippen molar-refractivity contribution in [3.8, 4) is 28.4 Å². The maximum absolute atomic E-state index is 12.8. The second kappa shape index (κ2) is 9.55. The lowest BCUT2D eigenvalue weighted by atomic mass is 9.93. The van der Waals surface area contributed by atoms with Gasteiger partial charge in [-0.3, -0.25) is 4.79 Å². The van der Waals surface area contributed by atoms with Crippen LogP contribution in [0.2, 0.25) is 0 Å². The number of hydrogen-bond acceptors (Lipinski definition) is 6. The highest BCUT2D eigenvalue weighted by molar-refractivity contribution is 7.98. The van der Waals surface area contributed by atoms with E-state index in [1.54, 1.807) is 27.4 Å². The van der Waals surface area contributed by atoms with Crippen molar-refractivity contribution in [3.05, 3.63) is 45.6 Å². The van der Waals surface area contributed by atoms with Gasteiger partial charge in [-0.1, -0.05) is 6.07 Å². The van der Waals surface area contributed by atoms with Crippen LogP contribution in [0.1, 0.15) is 30.4 Å². The lowest BCUT2D eigenvalue weighted by molar-refractivity contribution is 0.176. The van der Waals surface area contributed by atoms with Crippen LogP contribution >= 0.6 is 11.8 Å². The molecule has 3 rings (SSSR count). The van der Waals surface area contributed by atoms with Crippen LogP contribution in [0, 0.1) is 0 Å². The minimum atomic E-state index is 0.0279. The molecule has 0 bridgehead atoms. The van der Waals surface area contributed by atoms with E-state index in [0.717, 1.165) is 35.1 Å².